The number of H-pyrrole nitrogens is 1. The molecule has 3 aromatic carbocycles. The van der Waals surface area contributed by atoms with Crippen LogP contribution in [-0.4, -0.2) is 21.0 Å². The van der Waals surface area contributed by atoms with Crippen molar-refractivity contribution in [1.82, 2.24) is 15.3 Å². The molecule has 146 valence electrons. The third-order valence-electron chi connectivity index (χ3n) is 4.68. The first kappa shape index (κ1) is 19.1. The number of benzene rings is 3. The zero-order valence-electron chi connectivity index (χ0n) is 15.9. The summed E-state index contributed by atoms with van der Waals surface area (Å²) in [7, 11) is 0. The average Bonchev–Trinajstić information content (AvgIpc) is 3.15. The first-order valence-electron chi connectivity index (χ1n) is 9.35. The molecule has 0 radical (unpaired) electrons. The highest BCUT2D eigenvalue weighted by Crippen LogP contribution is 2.23. The van der Waals surface area contributed by atoms with Crippen molar-refractivity contribution in [3.05, 3.63) is 89.5 Å². The van der Waals surface area contributed by atoms with Gasteiger partial charge in [-0.25, -0.2) is 4.98 Å². The quantitative estimate of drug-likeness (QED) is 0.394. The van der Waals surface area contributed by atoms with E-state index >= 15 is 0 Å². The number of amides is 1. The van der Waals surface area contributed by atoms with Gasteiger partial charge in [0.1, 0.15) is 5.75 Å². The second kappa shape index (κ2) is 8.41. The lowest BCUT2D eigenvalue weighted by Crippen LogP contribution is -2.26. The van der Waals surface area contributed by atoms with E-state index < -0.39 is 0 Å². The van der Waals surface area contributed by atoms with Crippen LogP contribution in [0.3, 0.4) is 0 Å². The molecule has 0 aliphatic rings. The molecule has 0 aliphatic heterocycles. The maximum Gasteiger partial charge on any atom is 0.251 e. The molecule has 1 heterocycles. The minimum Gasteiger partial charge on any atom is -0.508 e. The monoisotopic (exact) mass is 403 g/mol. The average molecular weight is 404 g/mol. The summed E-state index contributed by atoms with van der Waals surface area (Å²) in [6.07, 6.45) is 0. The highest BCUT2D eigenvalue weighted by atomic mass is 32.2. The molecular formula is C23H21N3O2S. The molecule has 0 saturated heterocycles. The highest BCUT2D eigenvalue weighted by Gasteiger charge is 2.12. The lowest BCUT2D eigenvalue weighted by Gasteiger charge is -2.14. The van der Waals surface area contributed by atoms with Gasteiger partial charge in [0.15, 0.2) is 5.16 Å². The molecule has 5 nitrogen and oxygen atoms in total. The standard InChI is InChI=1S/C23H21N3O2S/c1-15(18-5-4-6-19(27)13-18)24-22(28)17-11-9-16(10-12-17)14-29-23-25-20-7-2-3-8-21(20)26-23/h2-13,15,27H,14H2,1H3,(H,24,28)(H,25,26). The molecule has 1 aromatic heterocycles. The zero-order valence-corrected chi connectivity index (χ0v) is 16.7. The summed E-state index contributed by atoms with van der Waals surface area (Å²) in [5, 5.41) is 13.4. The summed E-state index contributed by atoms with van der Waals surface area (Å²) >= 11 is 1.63. The van der Waals surface area contributed by atoms with E-state index in [1.165, 1.54) is 0 Å². The van der Waals surface area contributed by atoms with Gasteiger partial charge in [-0.15, -0.1) is 0 Å². The molecule has 4 rings (SSSR count). The van der Waals surface area contributed by atoms with Crippen LogP contribution in [0.25, 0.3) is 11.0 Å². The van der Waals surface area contributed by atoms with E-state index in [1.54, 1.807) is 30.0 Å². The molecule has 1 amide bonds. The van der Waals surface area contributed by atoms with Crippen molar-refractivity contribution in [1.29, 1.82) is 0 Å². The van der Waals surface area contributed by atoms with Crippen LogP contribution in [-0.2, 0) is 5.75 Å². The van der Waals surface area contributed by atoms with Crippen molar-refractivity contribution >= 4 is 28.7 Å². The molecule has 1 atom stereocenters. The first-order chi connectivity index (χ1) is 14.1. The molecule has 0 aliphatic carbocycles. The Hall–Kier alpha value is -3.25. The molecule has 6 heteroatoms. The molecule has 0 bridgehead atoms. The number of para-hydroxylation sites is 2. The lowest BCUT2D eigenvalue weighted by molar-refractivity contribution is 0.0940. The zero-order chi connectivity index (χ0) is 20.2. The lowest BCUT2D eigenvalue weighted by atomic mass is 10.1. The molecule has 1 unspecified atom stereocenters. The van der Waals surface area contributed by atoms with Gasteiger partial charge >= 0.3 is 0 Å². The summed E-state index contributed by atoms with van der Waals surface area (Å²) < 4.78 is 0. The second-order valence-corrected chi connectivity index (χ2v) is 7.80. The Morgan fingerprint density at radius 2 is 1.90 bits per heavy atom. The number of carbonyl (C=O) groups excluding carboxylic acids is 1. The summed E-state index contributed by atoms with van der Waals surface area (Å²) in [6.45, 7) is 1.89. The van der Waals surface area contributed by atoms with E-state index in [4.69, 9.17) is 0 Å². The number of fused-ring (bicyclic) bond motifs is 1. The number of nitrogens with zero attached hydrogens (tertiary/aromatic N) is 1. The largest absolute Gasteiger partial charge is 0.508 e. The number of aromatic hydroxyl groups is 1. The van der Waals surface area contributed by atoms with Crippen LogP contribution in [0.4, 0.5) is 0 Å². The van der Waals surface area contributed by atoms with E-state index in [0.29, 0.717) is 5.56 Å². The maximum atomic E-state index is 12.5. The van der Waals surface area contributed by atoms with Crippen molar-refractivity contribution in [2.75, 3.05) is 0 Å². The number of phenolic OH excluding ortho intramolecular Hbond substituents is 1. The Bertz CT molecular complexity index is 1110. The van der Waals surface area contributed by atoms with Crippen molar-refractivity contribution in [2.24, 2.45) is 0 Å². The van der Waals surface area contributed by atoms with Crippen LogP contribution >= 0.6 is 11.8 Å². The van der Waals surface area contributed by atoms with Gasteiger partial charge in [-0.2, -0.15) is 0 Å². The molecule has 0 spiro atoms. The van der Waals surface area contributed by atoms with E-state index in [1.807, 2.05) is 61.5 Å². The minimum atomic E-state index is -0.196. The number of imidazole rings is 1. The van der Waals surface area contributed by atoms with Crippen LogP contribution in [0.15, 0.2) is 78.0 Å². The normalized spacial score (nSPS) is 12.0. The van der Waals surface area contributed by atoms with Crippen LogP contribution < -0.4 is 5.32 Å². The molecule has 0 saturated carbocycles. The van der Waals surface area contributed by atoms with E-state index in [2.05, 4.69) is 15.3 Å². The third kappa shape index (κ3) is 4.60. The number of thioether (sulfide) groups is 1. The Kier molecular flexibility index (Phi) is 5.53. The van der Waals surface area contributed by atoms with Crippen LogP contribution in [0.2, 0.25) is 0 Å². The topological polar surface area (TPSA) is 78.0 Å². The number of hydrogen-bond donors (Lipinski definition) is 3. The molecular weight excluding hydrogens is 382 g/mol. The van der Waals surface area contributed by atoms with Gasteiger partial charge in [-0.05, 0) is 54.4 Å². The highest BCUT2D eigenvalue weighted by molar-refractivity contribution is 7.98. The van der Waals surface area contributed by atoms with Crippen LogP contribution in [0.5, 0.6) is 5.75 Å². The fraction of sp³-hybridized carbons (Fsp3) is 0.130. The summed E-state index contributed by atoms with van der Waals surface area (Å²) in [4.78, 5) is 20.4. The maximum absolute atomic E-state index is 12.5. The Labute approximate surface area is 173 Å². The third-order valence-corrected chi connectivity index (χ3v) is 5.62. The van der Waals surface area contributed by atoms with Gasteiger partial charge in [0.25, 0.3) is 5.91 Å². The number of phenols is 1. The number of aromatic nitrogens is 2. The van der Waals surface area contributed by atoms with Gasteiger partial charge in [-0.1, -0.05) is 48.2 Å². The fourth-order valence-electron chi connectivity index (χ4n) is 3.06. The van der Waals surface area contributed by atoms with Gasteiger partial charge in [0, 0.05) is 11.3 Å². The number of aromatic amines is 1. The Balaban J connectivity index is 1.36. The molecule has 29 heavy (non-hydrogen) atoms. The predicted octanol–water partition coefficient (Wildman–Crippen LogP) is 5.05. The number of carbonyl (C=O) groups is 1. The fourth-order valence-corrected chi connectivity index (χ4v) is 3.90. The Morgan fingerprint density at radius 1 is 1.10 bits per heavy atom. The van der Waals surface area contributed by atoms with Gasteiger partial charge in [0.2, 0.25) is 0 Å². The number of rotatable bonds is 6. The van der Waals surface area contributed by atoms with Crippen molar-refractivity contribution in [2.45, 2.75) is 23.9 Å². The smallest absolute Gasteiger partial charge is 0.251 e. The van der Waals surface area contributed by atoms with Gasteiger partial charge < -0.3 is 15.4 Å². The molecule has 4 aromatic rings. The number of hydrogen-bond acceptors (Lipinski definition) is 4. The second-order valence-electron chi connectivity index (χ2n) is 6.83. The van der Waals surface area contributed by atoms with Gasteiger partial charge in [0.05, 0.1) is 17.1 Å². The predicted molar refractivity (Wildman–Crippen MR) is 116 cm³/mol. The minimum absolute atomic E-state index is 0.141. The SMILES string of the molecule is CC(NC(=O)c1ccc(CSc2nc3ccccc3[nH]2)cc1)c1cccc(O)c1. The van der Waals surface area contributed by atoms with Crippen LogP contribution in [0.1, 0.15) is 34.5 Å². The molecule has 3 N–H and O–H groups in total. The molecule has 0 fully saturated rings. The first-order valence-corrected chi connectivity index (χ1v) is 10.3. The van der Waals surface area contributed by atoms with E-state index in [0.717, 1.165) is 33.1 Å². The summed E-state index contributed by atoms with van der Waals surface area (Å²) in [5.74, 6) is 0.814. The van der Waals surface area contributed by atoms with Crippen LogP contribution in [0, 0.1) is 0 Å². The van der Waals surface area contributed by atoms with Crippen molar-refractivity contribution in [3.8, 4) is 5.75 Å². The van der Waals surface area contributed by atoms with Crippen molar-refractivity contribution < 1.29 is 9.90 Å². The number of nitrogens with one attached hydrogen (secondary N) is 2. The van der Waals surface area contributed by atoms with E-state index in [-0.39, 0.29) is 17.7 Å². The van der Waals surface area contributed by atoms with Gasteiger partial charge in [-0.3, -0.25) is 4.79 Å². The van der Waals surface area contributed by atoms with Crippen molar-refractivity contribution in [3.63, 3.8) is 0 Å². The van der Waals surface area contributed by atoms with E-state index in [9.17, 15) is 9.90 Å². The summed E-state index contributed by atoms with van der Waals surface area (Å²) in [5.41, 5.74) is 4.57. The Morgan fingerprint density at radius 3 is 2.66 bits per heavy atom. The summed E-state index contributed by atoms with van der Waals surface area (Å²) in [6, 6.07) is 22.3.